The molecular weight excluding hydrogens is 406 g/mol. The molecule has 11 nitrogen and oxygen atoms in total. The fourth-order valence-electron chi connectivity index (χ4n) is 2.86. The third-order valence-electron chi connectivity index (χ3n) is 4.73. The second kappa shape index (κ2) is 10.5. The van der Waals surface area contributed by atoms with Crippen LogP contribution < -0.4 is 21.7 Å². The zero-order valence-corrected chi connectivity index (χ0v) is 17.2. The molecule has 0 spiro atoms. The van der Waals surface area contributed by atoms with Crippen LogP contribution in [0.15, 0.2) is 30.5 Å². The lowest BCUT2D eigenvalue weighted by Crippen LogP contribution is -2.54. The van der Waals surface area contributed by atoms with Crippen molar-refractivity contribution in [1.82, 2.24) is 20.9 Å². The summed E-state index contributed by atoms with van der Waals surface area (Å²) in [5.74, 6) is -3.29. The molecule has 0 bridgehead atoms. The van der Waals surface area contributed by atoms with Gasteiger partial charge in [-0.05, 0) is 25.5 Å². The van der Waals surface area contributed by atoms with Crippen LogP contribution in [0.3, 0.4) is 0 Å². The summed E-state index contributed by atoms with van der Waals surface area (Å²) >= 11 is 0. The van der Waals surface area contributed by atoms with Crippen molar-refractivity contribution in [3.05, 3.63) is 36.0 Å². The van der Waals surface area contributed by atoms with Crippen LogP contribution in [0.1, 0.15) is 19.4 Å². The van der Waals surface area contributed by atoms with E-state index in [0.717, 1.165) is 16.5 Å². The molecule has 1 aromatic heterocycles. The zero-order valence-electron chi connectivity index (χ0n) is 17.2. The van der Waals surface area contributed by atoms with E-state index < -0.39 is 54.5 Å². The van der Waals surface area contributed by atoms with Crippen LogP contribution >= 0.6 is 0 Å². The fourth-order valence-corrected chi connectivity index (χ4v) is 2.86. The minimum absolute atomic E-state index is 0.0923. The van der Waals surface area contributed by atoms with Crippen molar-refractivity contribution in [2.45, 2.75) is 44.5 Å². The van der Waals surface area contributed by atoms with Crippen molar-refractivity contribution < 1.29 is 29.4 Å². The summed E-state index contributed by atoms with van der Waals surface area (Å²) in [5.41, 5.74) is 7.10. The van der Waals surface area contributed by atoms with Gasteiger partial charge in [0, 0.05) is 23.5 Å². The molecule has 11 heteroatoms. The second-order valence-corrected chi connectivity index (χ2v) is 7.24. The van der Waals surface area contributed by atoms with Gasteiger partial charge in [0.15, 0.2) is 0 Å². The van der Waals surface area contributed by atoms with Crippen LogP contribution in [0.4, 0.5) is 0 Å². The van der Waals surface area contributed by atoms with Crippen molar-refractivity contribution in [2.24, 2.45) is 5.73 Å². The van der Waals surface area contributed by atoms with E-state index in [1.807, 2.05) is 24.3 Å². The number of aromatic amines is 1. The number of aliphatic hydroxyl groups excluding tert-OH is 1. The lowest BCUT2D eigenvalue weighted by Gasteiger charge is -2.20. The maximum absolute atomic E-state index is 12.7. The minimum atomic E-state index is -1.22. The fraction of sp³-hybridized carbons (Fsp3) is 0.400. The molecule has 2 rings (SSSR count). The molecule has 0 fully saturated rings. The number of hydrogen-bond acceptors (Lipinski definition) is 6. The third kappa shape index (κ3) is 6.52. The number of aliphatic hydroxyl groups is 1. The number of aromatic nitrogens is 1. The van der Waals surface area contributed by atoms with Gasteiger partial charge < -0.3 is 36.9 Å². The maximum atomic E-state index is 12.7. The molecule has 2 aromatic rings. The molecule has 3 amide bonds. The molecule has 4 atom stereocenters. The topological polar surface area (TPSA) is 187 Å². The molecule has 0 saturated carbocycles. The van der Waals surface area contributed by atoms with Crippen molar-refractivity contribution in [3.63, 3.8) is 0 Å². The number of H-pyrrole nitrogens is 1. The Morgan fingerprint density at radius 1 is 1.10 bits per heavy atom. The number of amides is 3. The summed E-state index contributed by atoms with van der Waals surface area (Å²) < 4.78 is 0. The number of carbonyl (C=O) groups excluding carboxylic acids is 3. The summed E-state index contributed by atoms with van der Waals surface area (Å²) in [7, 11) is 0. The molecule has 8 N–H and O–H groups in total. The van der Waals surface area contributed by atoms with Gasteiger partial charge in [-0.15, -0.1) is 0 Å². The molecule has 1 aromatic carbocycles. The molecule has 31 heavy (non-hydrogen) atoms. The zero-order chi connectivity index (χ0) is 23.1. The molecule has 0 aliphatic rings. The number of aliphatic carboxylic acids is 1. The van der Waals surface area contributed by atoms with Crippen molar-refractivity contribution in [2.75, 3.05) is 6.54 Å². The van der Waals surface area contributed by atoms with Crippen LogP contribution in [0.5, 0.6) is 0 Å². The maximum Gasteiger partial charge on any atom is 0.325 e. The predicted octanol–water partition coefficient (Wildman–Crippen LogP) is -1.39. The Kier molecular flexibility index (Phi) is 8.11. The van der Waals surface area contributed by atoms with Gasteiger partial charge in [0.25, 0.3) is 0 Å². The lowest BCUT2D eigenvalue weighted by atomic mass is 10.0. The van der Waals surface area contributed by atoms with Crippen LogP contribution in [0.25, 0.3) is 10.9 Å². The van der Waals surface area contributed by atoms with E-state index in [2.05, 4.69) is 20.9 Å². The highest BCUT2D eigenvalue weighted by atomic mass is 16.4. The largest absolute Gasteiger partial charge is 0.480 e. The van der Waals surface area contributed by atoms with Gasteiger partial charge in [0.1, 0.15) is 18.1 Å². The van der Waals surface area contributed by atoms with Crippen LogP contribution in [-0.2, 0) is 25.6 Å². The SMILES string of the molecule is CC(NC(=O)C(Cc1c[nH]c2ccccc12)NC(=O)CNC(=O)C(N)C(C)O)C(=O)O. The molecule has 0 aliphatic heterocycles. The Bertz CT molecular complexity index is 956. The monoisotopic (exact) mass is 433 g/mol. The summed E-state index contributed by atoms with van der Waals surface area (Å²) in [6.45, 7) is 2.18. The van der Waals surface area contributed by atoms with E-state index in [0.29, 0.717) is 0 Å². The average Bonchev–Trinajstić information content (AvgIpc) is 3.13. The Morgan fingerprint density at radius 2 is 1.77 bits per heavy atom. The van der Waals surface area contributed by atoms with E-state index in [1.165, 1.54) is 13.8 Å². The standard InChI is InChI=1S/C20H27N5O6/c1-10(20(30)31)24-18(28)15(7-12-8-22-14-6-4-3-5-13(12)14)25-16(27)9-23-19(29)17(21)11(2)26/h3-6,8,10-11,15,17,22,26H,7,9,21H2,1-2H3,(H,23,29)(H,24,28)(H,25,27)(H,30,31). The Hall–Kier alpha value is -3.44. The minimum Gasteiger partial charge on any atom is -0.480 e. The number of carbonyl (C=O) groups is 4. The van der Waals surface area contributed by atoms with E-state index in [-0.39, 0.29) is 6.42 Å². The lowest BCUT2D eigenvalue weighted by molar-refractivity contribution is -0.141. The number of para-hydroxylation sites is 1. The number of carboxylic acids is 1. The third-order valence-corrected chi connectivity index (χ3v) is 4.73. The van der Waals surface area contributed by atoms with Gasteiger partial charge in [0.05, 0.1) is 12.6 Å². The van der Waals surface area contributed by atoms with Gasteiger partial charge in [-0.25, -0.2) is 0 Å². The number of nitrogens with one attached hydrogen (secondary N) is 4. The predicted molar refractivity (Wildman–Crippen MR) is 112 cm³/mol. The molecule has 0 aliphatic carbocycles. The van der Waals surface area contributed by atoms with Gasteiger partial charge >= 0.3 is 5.97 Å². The second-order valence-electron chi connectivity index (χ2n) is 7.24. The molecule has 1 heterocycles. The molecule has 0 saturated heterocycles. The normalized spacial score (nSPS) is 14.8. The summed E-state index contributed by atoms with van der Waals surface area (Å²) in [4.78, 5) is 50.9. The Balaban J connectivity index is 2.11. The number of rotatable bonds is 10. The first-order chi connectivity index (χ1) is 14.6. The highest BCUT2D eigenvalue weighted by molar-refractivity contribution is 5.93. The molecular formula is C20H27N5O6. The Labute approximate surface area is 178 Å². The van der Waals surface area contributed by atoms with Crippen molar-refractivity contribution in [3.8, 4) is 0 Å². The van der Waals surface area contributed by atoms with E-state index >= 15 is 0 Å². The smallest absolute Gasteiger partial charge is 0.325 e. The molecule has 168 valence electrons. The van der Waals surface area contributed by atoms with Gasteiger partial charge in [-0.1, -0.05) is 18.2 Å². The first-order valence-corrected chi connectivity index (χ1v) is 9.69. The highest BCUT2D eigenvalue weighted by Gasteiger charge is 2.26. The summed E-state index contributed by atoms with van der Waals surface area (Å²) in [5, 5.41) is 26.4. The first-order valence-electron chi connectivity index (χ1n) is 9.69. The van der Waals surface area contributed by atoms with Crippen LogP contribution in [0, 0.1) is 0 Å². The van der Waals surface area contributed by atoms with Crippen LogP contribution in [-0.4, -0.2) is 69.7 Å². The van der Waals surface area contributed by atoms with E-state index in [4.69, 9.17) is 10.8 Å². The number of hydrogen-bond donors (Lipinski definition) is 7. The number of fused-ring (bicyclic) bond motifs is 1. The van der Waals surface area contributed by atoms with Crippen LogP contribution in [0.2, 0.25) is 0 Å². The molecule has 0 radical (unpaired) electrons. The average molecular weight is 433 g/mol. The van der Waals surface area contributed by atoms with E-state index in [1.54, 1.807) is 6.20 Å². The van der Waals surface area contributed by atoms with E-state index in [9.17, 15) is 24.3 Å². The number of benzene rings is 1. The summed E-state index contributed by atoms with van der Waals surface area (Å²) in [6.07, 6.45) is 0.705. The van der Waals surface area contributed by atoms with Gasteiger partial charge in [-0.3, -0.25) is 19.2 Å². The Morgan fingerprint density at radius 3 is 2.42 bits per heavy atom. The molecule has 4 unspecified atom stereocenters. The van der Waals surface area contributed by atoms with Gasteiger partial charge in [0.2, 0.25) is 17.7 Å². The highest BCUT2D eigenvalue weighted by Crippen LogP contribution is 2.19. The van der Waals surface area contributed by atoms with Crippen molar-refractivity contribution in [1.29, 1.82) is 0 Å². The quantitative estimate of drug-likeness (QED) is 0.240. The first kappa shape index (κ1) is 23.8. The van der Waals surface area contributed by atoms with Crippen molar-refractivity contribution >= 4 is 34.6 Å². The summed E-state index contributed by atoms with van der Waals surface area (Å²) in [6, 6.07) is 3.96. The number of carboxylic acid groups (broad SMARTS) is 1. The number of nitrogens with two attached hydrogens (primary N) is 1. The van der Waals surface area contributed by atoms with Gasteiger partial charge in [-0.2, -0.15) is 0 Å².